The van der Waals surface area contributed by atoms with Crippen molar-refractivity contribution < 1.29 is 4.21 Å². The second-order valence-electron chi connectivity index (χ2n) is 3.05. The van der Waals surface area contributed by atoms with E-state index in [9.17, 15) is 4.21 Å². The minimum Gasteiger partial charge on any atom is -0.253 e. The van der Waals surface area contributed by atoms with Crippen molar-refractivity contribution in [2.75, 3.05) is 0 Å². The highest BCUT2D eigenvalue weighted by Crippen LogP contribution is 1.96. The largest absolute Gasteiger partial charge is 0.253 e. The van der Waals surface area contributed by atoms with Gasteiger partial charge in [0.25, 0.3) is 0 Å². The van der Waals surface area contributed by atoms with E-state index in [0.29, 0.717) is 0 Å². The first-order valence-corrected chi connectivity index (χ1v) is 5.28. The van der Waals surface area contributed by atoms with Gasteiger partial charge in [-0.3, -0.25) is 4.21 Å². The Morgan fingerprint density at radius 1 is 1.30 bits per heavy atom. The van der Waals surface area contributed by atoms with E-state index in [2.05, 4.69) is 10.6 Å². The Hall–Kier alpha value is -0.0200. The third kappa shape index (κ3) is 3.22. The molecule has 3 heteroatoms. The monoisotopic (exact) mass is 163 g/mol. The lowest BCUT2D eigenvalue weighted by atomic mass is 10.4. The van der Waals surface area contributed by atoms with Crippen LogP contribution in [0.3, 0.4) is 0 Å². The van der Waals surface area contributed by atoms with Gasteiger partial charge in [0.05, 0.1) is 0 Å². The summed E-state index contributed by atoms with van der Waals surface area (Å²) in [6, 6.07) is 0.243. The Balaban J connectivity index is 4.16. The van der Waals surface area contributed by atoms with Crippen LogP contribution in [0.25, 0.3) is 0 Å². The van der Waals surface area contributed by atoms with Crippen LogP contribution in [0.1, 0.15) is 27.7 Å². The van der Waals surface area contributed by atoms with Crippen LogP contribution in [-0.4, -0.2) is 21.4 Å². The zero-order chi connectivity index (χ0) is 8.36. The highest BCUT2D eigenvalue weighted by molar-refractivity contribution is 7.99. The molecule has 62 valence electrons. The molecule has 1 atom stereocenters. The summed E-state index contributed by atoms with van der Waals surface area (Å²) in [6.07, 6.45) is 0. The third-order valence-corrected chi connectivity index (χ3v) is 3.59. The molecular weight excluding hydrogens is 146 g/mol. The van der Waals surface area contributed by atoms with Crippen molar-refractivity contribution in [2.45, 2.75) is 39.0 Å². The molecule has 0 aliphatic carbocycles. The summed E-state index contributed by atoms with van der Waals surface area (Å²) in [5.74, 6) is 3.63. The van der Waals surface area contributed by atoms with Gasteiger partial charge in [0.1, 0.15) is 0 Å². The van der Waals surface area contributed by atoms with E-state index in [4.69, 9.17) is 0 Å². The predicted octanol–water partition coefficient (Wildman–Crippen LogP) is 1.02. The van der Waals surface area contributed by atoms with Crippen LogP contribution in [-0.2, 0) is 9.71 Å². The molecule has 2 nitrogen and oxygen atoms in total. The molecule has 0 saturated carbocycles. The summed E-state index contributed by atoms with van der Waals surface area (Å²) >= 11 is 0. The molecule has 0 saturated heterocycles. The average Bonchev–Trinajstić information content (AvgIpc) is 1.60. The van der Waals surface area contributed by atoms with Crippen LogP contribution in [0.4, 0.5) is 0 Å². The number of hydrogen-bond acceptors (Lipinski definition) is 1. The Morgan fingerprint density at radius 2 is 1.70 bits per heavy atom. The van der Waals surface area contributed by atoms with E-state index in [0.717, 1.165) is 0 Å². The maximum absolute atomic E-state index is 11.5. The zero-order valence-corrected chi connectivity index (χ0v) is 7.99. The lowest BCUT2D eigenvalue weighted by Gasteiger charge is -2.16. The minimum atomic E-state index is -2.05. The topological polar surface area (TPSA) is 29.1 Å². The van der Waals surface area contributed by atoms with E-state index >= 15 is 0 Å². The first-order chi connectivity index (χ1) is 4.36. The van der Waals surface area contributed by atoms with Gasteiger partial charge in [-0.2, -0.15) is 0 Å². The molecule has 0 radical (unpaired) electrons. The molecule has 10 heavy (non-hydrogen) atoms. The van der Waals surface area contributed by atoms with Crippen LogP contribution in [0.5, 0.6) is 0 Å². The molecule has 0 amide bonds. The average molecular weight is 163 g/mol. The fourth-order valence-electron chi connectivity index (χ4n) is 0.535. The number of nitrogens with one attached hydrogen (secondary N) is 1. The molecule has 1 N–H and O–H groups in total. The molecule has 1 unspecified atom stereocenters. The smallest absolute Gasteiger partial charge is 0.0345 e. The second-order valence-corrected chi connectivity index (χ2v) is 5.68. The maximum atomic E-state index is 11.5. The summed E-state index contributed by atoms with van der Waals surface area (Å²) in [5, 5.41) is 0.106. The highest BCUT2D eigenvalue weighted by atomic mass is 32.2. The minimum absolute atomic E-state index is 0.106. The summed E-state index contributed by atoms with van der Waals surface area (Å²) in [5.41, 5.74) is 0. The lowest BCUT2D eigenvalue weighted by molar-refractivity contribution is 0.645. The summed E-state index contributed by atoms with van der Waals surface area (Å²) in [6.45, 7) is 7.75. The first kappa shape index (κ1) is 9.98. The summed E-state index contributed by atoms with van der Waals surface area (Å²) in [7, 11) is -2.05. The molecule has 0 aliphatic heterocycles. The summed E-state index contributed by atoms with van der Waals surface area (Å²) in [4.78, 5) is 0. The Morgan fingerprint density at radius 3 is 1.80 bits per heavy atom. The van der Waals surface area contributed by atoms with Gasteiger partial charge in [-0.15, -0.1) is 0 Å². The van der Waals surface area contributed by atoms with Crippen molar-refractivity contribution in [3.05, 3.63) is 0 Å². The predicted molar refractivity (Wildman–Crippen MR) is 48.7 cm³/mol. The van der Waals surface area contributed by atoms with Crippen LogP contribution in [0, 0.1) is 0 Å². The first-order valence-electron chi connectivity index (χ1n) is 3.49. The van der Waals surface area contributed by atoms with Crippen LogP contribution < -0.4 is 4.72 Å². The molecule has 0 aromatic rings. The summed E-state index contributed by atoms with van der Waals surface area (Å²) < 4.78 is 14.4. The van der Waals surface area contributed by atoms with E-state index in [-0.39, 0.29) is 11.3 Å². The van der Waals surface area contributed by atoms with Crippen LogP contribution in [0.15, 0.2) is 0 Å². The quantitative estimate of drug-likeness (QED) is 0.618. The van der Waals surface area contributed by atoms with Gasteiger partial charge in [-0.25, -0.2) is 4.72 Å². The molecule has 0 spiro atoms. The van der Waals surface area contributed by atoms with E-state index in [1.54, 1.807) is 0 Å². The van der Waals surface area contributed by atoms with Gasteiger partial charge in [0.15, 0.2) is 0 Å². The number of hydrogen-bond donors (Lipinski definition) is 1. The van der Waals surface area contributed by atoms with Crippen molar-refractivity contribution in [1.29, 1.82) is 0 Å². The van der Waals surface area contributed by atoms with Crippen molar-refractivity contribution in [1.82, 2.24) is 4.72 Å². The van der Waals surface area contributed by atoms with Gasteiger partial charge in [0.2, 0.25) is 0 Å². The van der Waals surface area contributed by atoms with Crippen LogP contribution in [0.2, 0.25) is 0 Å². The van der Waals surface area contributed by atoms with Crippen molar-refractivity contribution in [3.8, 4) is 0 Å². The van der Waals surface area contributed by atoms with Gasteiger partial charge < -0.3 is 0 Å². The van der Waals surface area contributed by atoms with Gasteiger partial charge >= 0.3 is 0 Å². The molecule has 0 rings (SSSR count). The Labute approximate surface area is 64.2 Å². The SMILES string of the molecule is C=S(=O)(NC(C)C)C(C)C. The van der Waals surface area contributed by atoms with Crippen molar-refractivity contribution in [3.63, 3.8) is 0 Å². The van der Waals surface area contributed by atoms with Crippen molar-refractivity contribution >= 4 is 15.6 Å². The van der Waals surface area contributed by atoms with E-state index < -0.39 is 9.71 Å². The molecule has 0 fully saturated rings. The fourth-order valence-corrected chi connectivity index (χ4v) is 1.61. The van der Waals surface area contributed by atoms with Crippen LogP contribution >= 0.6 is 0 Å². The normalized spacial score (nSPS) is 17.8. The van der Waals surface area contributed by atoms with E-state index in [1.807, 2.05) is 27.7 Å². The molecule has 0 aliphatic rings. The van der Waals surface area contributed by atoms with Crippen molar-refractivity contribution in [2.24, 2.45) is 0 Å². The molecule has 0 heterocycles. The molecule has 0 aromatic carbocycles. The molecular formula is C7H17NOS. The molecule has 0 bridgehead atoms. The van der Waals surface area contributed by atoms with E-state index in [1.165, 1.54) is 0 Å². The van der Waals surface area contributed by atoms with Gasteiger partial charge in [0, 0.05) is 21.0 Å². The van der Waals surface area contributed by atoms with Gasteiger partial charge in [-0.05, 0) is 19.7 Å². The number of rotatable bonds is 3. The maximum Gasteiger partial charge on any atom is 0.0345 e. The standard InChI is InChI=1S/C7H17NOS/c1-6(2)8-10(5,9)7(3)4/h6-7H,5H2,1-4H3,(H,8,9). The third-order valence-electron chi connectivity index (χ3n) is 1.20. The molecule has 0 aromatic heterocycles. The van der Waals surface area contributed by atoms with Gasteiger partial charge in [-0.1, -0.05) is 13.8 Å². The Kier molecular flexibility index (Phi) is 3.39. The fraction of sp³-hybridized carbons (Fsp3) is 0.857. The zero-order valence-electron chi connectivity index (χ0n) is 7.18. The lowest BCUT2D eigenvalue weighted by Crippen LogP contribution is -2.35. The highest BCUT2D eigenvalue weighted by Gasteiger charge is 2.08. The Bertz CT molecular complexity index is 180. The second kappa shape index (κ2) is 3.39.